The molecule has 0 aromatic rings. The van der Waals surface area contributed by atoms with Crippen LogP contribution >= 0.6 is 0 Å². The van der Waals surface area contributed by atoms with E-state index in [0.717, 1.165) is 6.08 Å². The second-order valence-electron chi connectivity index (χ2n) is 6.34. The van der Waals surface area contributed by atoms with Crippen molar-refractivity contribution in [3.05, 3.63) is 12.7 Å². The van der Waals surface area contributed by atoms with Gasteiger partial charge in [0.05, 0.1) is 13.2 Å². The molecule has 0 saturated heterocycles. The third-order valence-corrected chi connectivity index (χ3v) is 3.98. The fourth-order valence-corrected chi connectivity index (χ4v) is 1.92. The number of alkyl halides is 19. The molecule has 0 heterocycles. The van der Waals surface area contributed by atoms with Crippen LogP contribution in [0.3, 0.4) is 0 Å². The Morgan fingerprint density at radius 1 is 0.471 bits per heavy atom. The summed E-state index contributed by atoms with van der Waals surface area (Å²) in [6, 6.07) is 0. The van der Waals surface area contributed by atoms with E-state index in [1.165, 1.54) is 0 Å². The van der Waals surface area contributed by atoms with E-state index in [1.54, 1.807) is 0 Å². The molecule has 0 aromatic heterocycles. The number of ether oxygens (including phenoxy) is 1. The molecule has 20 heteroatoms. The molecule has 1 nitrogen and oxygen atoms in total. The third-order valence-electron chi connectivity index (χ3n) is 3.98. The zero-order valence-electron chi connectivity index (χ0n) is 15.5. The highest BCUT2D eigenvalue weighted by Gasteiger charge is 2.96. The van der Waals surface area contributed by atoms with Gasteiger partial charge in [-0.1, -0.05) is 6.08 Å². The minimum atomic E-state index is -8.90. The van der Waals surface area contributed by atoms with Crippen LogP contribution in [0.25, 0.3) is 0 Å². The molecule has 0 fully saturated rings. The molecule has 0 saturated carbocycles. The first-order valence-electron chi connectivity index (χ1n) is 7.84. The topological polar surface area (TPSA) is 9.23 Å². The van der Waals surface area contributed by atoms with Gasteiger partial charge in [-0.15, -0.1) is 6.58 Å². The van der Waals surface area contributed by atoms with E-state index in [9.17, 15) is 83.4 Å². The average molecular weight is 554 g/mol. The monoisotopic (exact) mass is 554 g/mol. The Morgan fingerprint density at radius 3 is 1.06 bits per heavy atom. The van der Waals surface area contributed by atoms with Crippen LogP contribution in [0.15, 0.2) is 12.7 Å². The standard InChI is InChI=1S/C14H9F19O/c1-2-4-34-5-3-6(15,16)7(17,18)8(19,20)9(21,22)10(23,24)11(25,26)12(27,28)13(29,30)14(31,32)33/h2H,1,3-5H2. The van der Waals surface area contributed by atoms with Crippen LogP contribution < -0.4 is 0 Å². The van der Waals surface area contributed by atoms with Gasteiger partial charge in [-0.05, 0) is 0 Å². The maximum atomic E-state index is 13.5. The minimum absolute atomic E-state index is 0.749. The van der Waals surface area contributed by atoms with E-state index in [-0.39, 0.29) is 0 Å². The first kappa shape index (κ1) is 32.4. The first-order valence-corrected chi connectivity index (χ1v) is 7.84. The summed E-state index contributed by atoms with van der Waals surface area (Å²) in [5.74, 6) is -66.3. The Labute approximate surface area is 175 Å². The van der Waals surface area contributed by atoms with Crippen molar-refractivity contribution in [3.63, 3.8) is 0 Å². The van der Waals surface area contributed by atoms with Gasteiger partial charge in [-0.2, -0.15) is 83.4 Å². The van der Waals surface area contributed by atoms with E-state index in [0.29, 0.717) is 0 Å². The van der Waals surface area contributed by atoms with E-state index in [2.05, 4.69) is 11.3 Å². The molecular weight excluding hydrogens is 545 g/mol. The van der Waals surface area contributed by atoms with Crippen molar-refractivity contribution in [2.45, 2.75) is 60.0 Å². The molecule has 0 radical (unpaired) electrons. The van der Waals surface area contributed by atoms with Crippen molar-refractivity contribution in [2.24, 2.45) is 0 Å². The summed E-state index contributed by atoms with van der Waals surface area (Å²) in [6.45, 7) is 0.439. The zero-order chi connectivity index (χ0) is 28.0. The number of hydrogen-bond donors (Lipinski definition) is 0. The van der Waals surface area contributed by atoms with E-state index in [4.69, 9.17) is 0 Å². The van der Waals surface area contributed by atoms with Gasteiger partial charge in [0.1, 0.15) is 0 Å². The van der Waals surface area contributed by atoms with Crippen molar-refractivity contribution in [2.75, 3.05) is 13.2 Å². The molecular formula is C14H9F19O. The molecule has 34 heavy (non-hydrogen) atoms. The molecule has 0 bridgehead atoms. The summed E-state index contributed by atoms with van der Waals surface area (Å²) in [5, 5.41) is 0. The smallest absolute Gasteiger partial charge is 0.377 e. The van der Waals surface area contributed by atoms with Gasteiger partial charge in [0.2, 0.25) is 0 Å². The lowest BCUT2D eigenvalue weighted by molar-refractivity contribution is -0.468. The summed E-state index contributed by atoms with van der Waals surface area (Å²) in [5.41, 5.74) is 0. The van der Waals surface area contributed by atoms with Gasteiger partial charge in [0.25, 0.3) is 0 Å². The Kier molecular flexibility index (Phi) is 8.37. The van der Waals surface area contributed by atoms with E-state index < -0.39 is 73.2 Å². The zero-order valence-corrected chi connectivity index (χ0v) is 15.5. The molecule has 0 aliphatic carbocycles. The Balaban J connectivity index is 6.63. The molecule has 204 valence electrons. The van der Waals surface area contributed by atoms with Gasteiger partial charge in [0, 0.05) is 6.42 Å². The molecule has 0 rings (SSSR count). The van der Waals surface area contributed by atoms with Crippen LogP contribution in [-0.2, 0) is 4.74 Å². The van der Waals surface area contributed by atoms with Crippen molar-refractivity contribution in [1.29, 1.82) is 0 Å². The van der Waals surface area contributed by atoms with Gasteiger partial charge >= 0.3 is 53.6 Å². The lowest BCUT2D eigenvalue weighted by atomic mass is 9.87. The van der Waals surface area contributed by atoms with Crippen molar-refractivity contribution in [1.82, 2.24) is 0 Å². The SMILES string of the molecule is C=CCOCCC(F)(F)C(F)(F)C(F)(F)C(F)(F)C(F)(F)C(F)(F)C(F)(F)C(F)(F)C(F)(F)F. The van der Waals surface area contributed by atoms with Crippen LogP contribution in [0.4, 0.5) is 83.4 Å². The third kappa shape index (κ3) is 4.38. The number of hydrogen-bond acceptors (Lipinski definition) is 1. The lowest BCUT2D eigenvalue weighted by Gasteiger charge is -2.43. The summed E-state index contributed by atoms with van der Waals surface area (Å²) in [6.07, 6.45) is -9.85. The highest BCUT2D eigenvalue weighted by Crippen LogP contribution is 2.65. The molecule has 0 N–H and O–H groups in total. The van der Waals surface area contributed by atoms with Crippen molar-refractivity contribution < 1.29 is 88.2 Å². The Hall–Kier alpha value is -1.63. The average Bonchev–Trinajstić information content (AvgIpc) is 2.63. The molecule has 0 amide bonds. The lowest BCUT2D eigenvalue weighted by Crippen LogP contribution is -2.75. The highest BCUT2D eigenvalue weighted by atomic mass is 19.4. The maximum absolute atomic E-state index is 13.5. The fourth-order valence-electron chi connectivity index (χ4n) is 1.92. The van der Waals surface area contributed by atoms with Crippen LogP contribution in [0.5, 0.6) is 0 Å². The summed E-state index contributed by atoms with van der Waals surface area (Å²) in [4.78, 5) is 0. The summed E-state index contributed by atoms with van der Waals surface area (Å²) in [7, 11) is 0. The van der Waals surface area contributed by atoms with Crippen molar-refractivity contribution in [3.8, 4) is 0 Å². The highest BCUT2D eigenvalue weighted by molar-refractivity contribution is 5.16. The molecule has 0 aliphatic rings. The predicted molar refractivity (Wildman–Crippen MR) is 71.3 cm³/mol. The van der Waals surface area contributed by atoms with Gasteiger partial charge in [-0.3, -0.25) is 0 Å². The number of rotatable bonds is 12. The number of halogens is 19. The van der Waals surface area contributed by atoms with Crippen LogP contribution in [-0.4, -0.2) is 66.8 Å². The predicted octanol–water partition coefficient (Wildman–Crippen LogP) is 7.22. The van der Waals surface area contributed by atoms with Crippen LogP contribution in [0.1, 0.15) is 6.42 Å². The summed E-state index contributed by atoms with van der Waals surface area (Å²) >= 11 is 0. The molecule has 0 unspecified atom stereocenters. The minimum Gasteiger partial charge on any atom is -0.377 e. The van der Waals surface area contributed by atoms with Gasteiger partial charge < -0.3 is 4.74 Å². The second kappa shape index (κ2) is 8.79. The van der Waals surface area contributed by atoms with Gasteiger partial charge in [-0.25, -0.2) is 0 Å². The maximum Gasteiger partial charge on any atom is 0.460 e. The van der Waals surface area contributed by atoms with Gasteiger partial charge in [0.15, 0.2) is 0 Å². The summed E-state index contributed by atoms with van der Waals surface area (Å²) < 4.78 is 252. The van der Waals surface area contributed by atoms with Crippen LogP contribution in [0.2, 0.25) is 0 Å². The molecule has 0 aliphatic heterocycles. The largest absolute Gasteiger partial charge is 0.460 e. The molecule has 0 aromatic carbocycles. The van der Waals surface area contributed by atoms with E-state index >= 15 is 0 Å². The molecule has 0 spiro atoms. The Bertz CT molecular complexity index is 719. The normalized spacial score (nSPS) is 16.1. The van der Waals surface area contributed by atoms with Crippen molar-refractivity contribution >= 4 is 0 Å². The van der Waals surface area contributed by atoms with E-state index in [1.807, 2.05) is 0 Å². The quantitative estimate of drug-likeness (QED) is 0.141. The fraction of sp³-hybridized carbons (Fsp3) is 0.857. The first-order chi connectivity index (χ1) is 14.6. The second-order valence-corrected chi connectivity index (χ2v) is 6.34. The van der Waals surface area contributed by atoms with Crippen LogP contribution in [0, 0.1) is 0 Å². The molecule has 0 atom stereocenters. The Morgan fingerprint density at radius 2 is 0.765 bits per heavy atom.